The zero-order valence-corrected chi connectivity index (χ0v) is 8.96. The minimum absolute atomic E-state index is 0.298. The highest BCUT2D eigenvalue weighted by Crippen LogP contribution is 2.08. The van der Waals surface area contributed by atoms with Crippen LogP contribution in [0.3, 0.4) is 0 Å². The number of aromatic nitrogens is 1. The first-order chi connectivity index (χ1) is 6.74. The summed E-state index contributed by atoms with van der Waals surface area (Å²) in [6.07, 6.45) is 3.82. The number of hydrogen-bond acceptors (Lipinski definition) is 3. The van der Waals surface area contributed by atoms with Crippen molar-refractivity contribution in [1.29, 1.82) is 0 Å². The molecule has 1 aromatic heterocycles. The molecule has 1 unspecified atom stereocenters. The Balaban J connectivity index is 2.35. The number of anilines is 1. The van der Waals surface area contributed by atoms with Gasteiger partial charge in [0, 0.05) is 18.8 Å². The summed E-state index contributed by atoms with van der Waals surface area (Å²) < 4.78 is 0. The van der Waals surface area contributed by atoms with E-state index in [4.69, 9.17) is 5.73 Å². The predicted molar refractivity (Wildman–Crippen MR) is 60.3 cm³/mol. The van der Waals surface area contributed by atoms with Gasteiger partial charge in [-0.25, -0.2) is 4.98 Å². The standard InChI is InChI=1S/C11H19N3/c1-3-10(12)6-8-14-11-9(2)5-4-7-13-11/h4-5,7,10H,3,6,8,12H2,1-2H3,(H,13,14). The lowest BCUT2D eigenvalue weighted by Crippen LogP contribution is -2.22. The Morgan fingerprint density at radius 2 is 2.36 bits per heavy atom. The Kier molecular flexibility index (Phi) is 4.40. The van der Waals surface area contributed by atoms with E-state index in [-0.39, 0.29) is 0 Å². The van der Waals surface area contributed by atoms with Gasteiger partial charge in [-0.1, -0.05) is 13.0 Å². The number of pyridine rings is 1. The van der Waals surface area contributed by atoms with Crippen LogP contribution in [0.25, 0.3) is 0 Å². The van der Waals surface area contributed by atoms with Crippen molar-refractivity contribution >= 4 is 5.82 Å². The van der Waals surface area contributed by atoms with Gasteiger partial charge >= 0.3 is 0 Å². The molecule has 3 nitrogen and oxygen atoms in total. The molecule has 3 heteroatoms. The summed E-state index contributed by atoms with van der Waals surface area (Å²) in [5.74, 6) is 0.968. The lowest BCUT2D eigenvalue weighted by molar-refractivity contribution is 0.613. The van der Waals surface area contributed by atoms with Crippen LogP contribution in [0, 0.1) is 6.92 Å². The summed E-state index contributed by atoms with van der Waals surface area (Å²) >= 11 is 0. The van der Waals surface area contributed by atoms with Crippen LogP contribution in [0.15, 0.2) is 18.3 Å². The summed E-state index contributed by atoms with van der Waals surface area (Å²) in [5, 5.41) is 3.29. The lowest BCUT2D eigenvalue weighted by Gasteiger charge is -2.11. The lowest BCUT2D eigenvalue weighted by atomic mass is 10.2. The molecule has 0 aromatic carbocycles. The molecule has 1 atom stereocenters. The van der Waals surface area contributed by atoms with Crippen LogP contribution < -0.4 is 11.1 Å². The Morgan fingerprint density at radius 1 is 1.57 bits per heavy atom. The number of nitrogens with zero attached hydrogens (tertiary/aromatic N) is 1. The molecule has 0 saturated carbocycles. The molecule has 14 heavy (non-hydrogen) atoms. The van der Waals surface area contributed by atoms with Gasteiger partial charge in [0.15, 0.2) is 0 Å². The Labute approximate surface area is 85.7 Å². The third kappa shape index (κ3) is 3.34. The first-order valence-corrected chi connectivity index (χ1v) is 5.15. The maximum Gasteiger partial charge on any atom is 0.128 e. The monoisotopic (exact) mass is 193 g/mol. The average molecular weight is 193 g/mol. The van der Waals surface area contributed by atoms with E-state index < -0.39 is 0 Å². The SMILES string of the molecule is CCC(N)CCNc1ncccc1C. The van der Waals surface area contributed by atoms with Gasteiger partial charge in [0.1, 0.15) is 5.82 Å². The largest absolute Gasteiger partial charge is 0.370 e. The van der Waals surface area contributed by atoms with E-state index in [9.17, 15) is 0 Å². The average Bonchev–Trinajstić information content (AvgIpc) is 2.20. The van der Waals surface area contributed by atoms with Crippen LogP contribution in [0.4, 0.5) is 5.82 Å². The molecule has 3 N–H and O–H groups in total. The van der Waals surface area contributed by atoms with Crippen LogP contribution >= 0.6 is 0 Å². The normalized spacial score (nSPS) is 12.5. The molecular formula is C11H19N3. The second-order valence-electron chi connectivity index (χ2n) is 3.55. The molecule has 0 saturated heterocycles. The highest BCUT2D eigenvalue weighted by molar-refractivity contribution is 5.42. The fourth-order valence-corrected chi connectivity index (χ4v) is 1.25. The van der Waals surface area contributed by atoms with E-state index in [1.165, 1.54) is 5.56 Å². The first kappa shape index (κ1) is 11.0. The van der Waals surface area contributed by atoms with E-state index in [2.05, 4.69) is 30.2 Å². The highest BCUT2D eigenvalue weighted by Gasteiger charge is 2.00. The van der Waals surface area contributed by atoms with Gasteiger partial charge < -0.3 is 11.1 Å². The topological polar surface area (TPSA) is 50.9 Å². The van der Waals surface area contributed by atoms with Gasteiger partial charge in [0.25, 0.3) is 0 Å². The number of aryl methyl sites for hydroxylation is 1. The van der Waals surface area contributed by atoms with Gasteiger partial charge in [-0.2, -0.15) is 0 Å². The van der Waals surface area contributed by atoms with E-state index in [1.807, 2.05) is 6.07 Å². The van der Waals surface area contributed by atoms with Gasteiger partial charge in [-0.15, -0.1) is 0 Å². The van der Waals surface area contributed by atoms with E-state index in [0.717, 1.165) is 25.2 Å². The number of hydrogen-bond donors (Lipinski definition) is 2. The Hall–Kier alpha value is -1.09. The molecule has 78 valence electrons. The molecule has 1 aromatic rings. The van der Waals surface area contributed by atoms with Crippen molar-refractivity contribution in [3.63, 3.8) is 0 Å². The molecule has 0 spiro atoms. The fourth-order valence-electron chi connectivity index (χ4n) is 1.25. The molecule has 0 amide bonds. The third-order valence-electron chi connectivity index (χ3n) is 2.34. The van der Waals surface area contributed by atoms with Gasteiger partial charge in [-0.05, 0) is 31.4 Å². The molecule has 0 aliphatic heterocycles. The van der Waals surface area contributed by atoms with Crippen LogP contribution in [0.2, 0.25) is 0 Å². The van der Waals surface area contributed by atoms with Crippen LogP contribution in [-0.2, 0) is 0 Å². The Morgan fingerprint density at radius 3 is 3.00 bits per heavy atom. The van der Waals surface area contributed by atoms with Crippen molar-refractivity contribution in [3.8, 4) is 0 Å². The molecule has 1 heterocycles. The summed E-state index contributed by atoms with van der Waals surface area (Å²) in [6.45, 7) is 5.05. The Bertz CT molecular complexity index is 273. The van der Waals surface area contributed by atoms with E-state index in [1.54, 1.807) is 6.20 Å². The van der Waals surface area contributed by atoms with Gasteiger partial charge in [-0.3, -0.25) is 0 Å². The molecule has 0 fully saturated rings. The minimum Gasteiger partial charge on any atom is -0.370 e. The second kappa shape index (κ2) is 5.60. The summed E-state index contributed by atoms with van der Waals surface area (Å²) in [7, 11) is 0. The fraction of sp³-hybridized carbons (Fsp3) is 0.545. The summed E-state index contributed by atoms with van der Waals surface area (Å²) in [6, 6.07) is 4.29. The first-order valence-electron chi connectivity index (χ1n) is 5.15. The zero-order valence-electron chi connectivity index (χ0n) is 8.96. The predicted octanol–water partition coefficient (Wildman–Crippen LogP) is 1.93. The van der Waals surface area contributed by atoms with Crippen molar-refractivity contribution in [2.75, 3.05) is 11.9 Å². The second-order valence-corrected chi connectivity index (χ2v) is 3.55. The molecule has 1 rings (SSSR count). The highest BCUT2D eigenvalue weighted by atomic mass is 15.0. The van der Waals surface area contributed by atoms with E-state index in [0.29, 0.717) is 6.04 Å². The summed E-state index contributed by atoms with van der Waals surface area (Å²) in [5.41, 5.74) is 6.99. The van der Waals surface area contributed by atoms with Crippen LogP contribution in [0.1, 0.15) is 25.3 Å². The molecule has 0 radical (unpaired) electrons. The van der Waals surface area contributed by atoms with Crippen molar-refractivity contribution in [2.45, 2.75) is 32.7 Å². The molecule has 0 bridgehead atoms. The van der Waals surface area contributed by atoms with Crippen molar-refractivity contribution in [2.24, 2.45) is 5.73 Å². The number of rotatable bonds is 5. The number of nitrogens with one attached hydrogen (secondary N) is 1. The van der Waals surface area contributed by atoms with Crippen LogP contribution in [0.5, 0.6) is 0 Å². The number of nitrogens with two attached hydrogens (primary N) is 1. The molecule has 0 aliphatic rings. The smallest absolute Gasteiger partial charge is 0.128 e. The molecule has 0 aliphatic carbocycles. The molecular weight excluding hydrogens is 174 g/mol. The van der Waals surface area contributed by atoms with Gasteiger partial charge in [0.2, 0.25) is 0 Å². The van der Waals surface area contributed by atoms with E-state index >= 15 is 0 Å². The summed E-state index contributed by atoms with van der Waals surface area (Å²) in [4.78, 5) is 4.25. The maximum atomic E-state index is 5.81. The zero-order chi connectivity index (χ0) is 10.4. The van der Waals surface area contributed by atoms with Crippen LogP contribution in [-0.4, -0.2) is 17.6 Å². The van der Waals surface area contributed by atoms with Crippen molar-refractivity contribution < 1.29 is 0 Å². The minimum atomic E-state index is 0.298. The third-order valence-corrected chi connectivity index (χ3v) is 2.34. The quantitative estimate of drug-likeness (QED) is 0.751. The van der Waals surface area contributed by atoms with Crippen molar-refractivity contribution in [1.82, 2.24) is 4.98 Å². The van der Waals surface area contributed by atoms with Gasteiger partial charge in [0.05, 0.1) is 0 Å². The van der Waals surface area contributed by atoms with Crippen molar-refractivity contribution in [3.05, 3.63) is 23.9 Å². The maximum absolute atomic E-state index is 5.81.